The Hall–Kier alpha value is -0.380. The van der Waals surface area contributed by atoms with Crippen molar-refractivity contribution >= 4 is 11.3 Å². The van der Waals surface area contributed by atoms with E-state index in [0.717, 1.165) is 12.8 Å². The fraction of sp³-hybridized carbons (Fsp3) is 0.667. The molecule has 0 aliphatic rings. The fourth-order valence-electron chi connectivity index (χ4n) is 1.54. The Morgan fingerprint density at radius 3 is 2.33 bits per heavy atom. The summed E-state index contributed by atoms with van der Waals surface area (Å²) in [6, 6.07) is 4.77. The highest BCUT2D eigenvalue weighted by Crippen LogP contribution is 2.25. The standard InChI is InChI=1S/C12H22N2S/c1-5-9-6-7-10(15-9)8-11(14-13)12(2,3)4/h6-7,11,14H,5,8,13H2,1-4H3. The summed E-state index contributed by atoms with van der Waals surface area (Å²) >= 11 is 1.90. The Morgan fingerprint density at radius 1 is 1.33 bits per heavy atom. The summed E-state index contributed by atoms with van der Waals surface area (Å²) in [6.45, 7) is 8.83. The molecule has 1 aromatic heterocycles. The first-order valence-electron chi connectivity index (χ1n) is 5.51. The van der Waals surface area contributed by atoms with E-state index in [1.165, 1.54) is 9.75 Å². The first kappa shape index (κ1) is 12.7. The second kappa shape index (κ2) is 5.10. The number of thiophene rings is 1. The van der Waals surface area contributed by atoms with Gasteiger partial charge in [0, 0.05) is 15.8 Å². The largest absolute Gasteiger partial charge is 0.271 e. The van der Waals surface area contributed by atoms with Crippen LogP contribution >= 0.6 is 11.3 Å². The van der Waals surface area contributed by atoms with Gasteiger partial charge in [0.1, 0.15) is 0 Å². The van der Waals surface area contributed by atoms with Crippen molar-refractivity contribution < 1.29 is 0 Å². The van der Waals surface area contributed by atoms with Gasteiger partial charge in [0.25, 0.3) is 0 Å². The molecule has 0 radical (unpaired) electrons. The van der Waals surface area contributed by atoms with Crippen molar-refractivity contribution in [2.45, 2.75) is 46.6 Å². The zero-order valence-corrected chi connectivity index (χ0v) is 10.9. The molecule has 1 rings (SSSR count). The van der Waals surface area contributed by atoms with E-state index in [-0.39, 0.29) is 5.41 Å². The molecule has 0 aliphatic heterocycles. The molecule has 0 saturated heterocycles. The molecule has 0 amide bonds. The van der Waals surface area contributed by atoms with Crippen LogP contribution in [-0.4, -0.2) is 6.04 Å². The van der Waals surface area contributed by atoms with Crippen LogP contribution in [0.2, 0.25) is 0 Å². The third-order valence-electron chi connectivity index (χ3n) is 2.72. The summed E-state index contributed by atoms with van der Waals surface area (Å²) < 4.78 is 0. The van der Waals surface area contributed by atoms with Gasteiger partial charge in [-0.15, -0.1) is 11.3 Å². The Balaban J connectivity index is 2.67. The zero-order chi connectivity index (χ0) is 11.5. The van der Waals surface area contributed by atoms with Crippen LogP contribution in [0.3, 0.4) is 0 Å². The summed E-state index contributed by atoms with van der Waals surface area (Å²) in [7, 11) is 0. The van der Waals surface area contributed by atoms with Crippen molar-refractivity contribution in [1.82, 2.24) is 5.43 Å². The number of nitrogens with two attached hydrogens (primary N) is 1. The lowest BCUT2D eigenvalue weighted by Gasteiger charge is -2.29. The van der Waals surface area contributed by atoms with E-state index in [4.69, 9.17) is 5.84 Å². The average Bonchev–Trinajstić information content (AvgIpc) is 2.59. The van der Waals surface area contributed by atoms with Gasteiger partial charge in [0.05, 0.1) is 0 Å². The quantitative estimate of drug-likeness (QED) is 0.612. The molecular formula is C12H22N2S. The van der Waals surface area contributed by atoms with Crippen LogP contribution in [0.15, 0.2) is 12.1 Å². The first-order valence-corrected chi connectivity index (χ1v) is 6.32. The van der Waals surface area contributed by atoms with Gasteiger partial charge >= 0.3 is 0 Å². The molecule has 15 heavy (non-hydrogen) atoms. The van der Waals surface area contributed by atoms with Gasteiger partial charge in [-0.2, -0.15) is 0 Å². The van der Waals surface area contributed by atoms with Crippen molar-refractivity contribution in [3.8, 4) is 0 Å². The highest BCUT2D eigenvalue weighted by atomic mass is 32.1. The summed E-state index contributed by atoms with van der Waals surface area (Å²) in [4.78, 5) is 2.87. The van der Waals surface area contributed by atoms with Crippen LogP contribution in [0.5, 0.6) is 0 Å². The van der Waals surface area contributed by atoms with Crippen molar-refractivity contribution in [2.24, 2.45) is 11.3 Å². The van der Waals surface area contributed by atoms with E-state index < -0.39 is 0 Å². The second-order valence-corrected chi connectivity index (χ2v) is 6.26. The Bertz CT molecular complexity index is 299. The molecule has 0 saturated carbocycles. The van der Waals surface area contributed by atoms with E-state index in [2.05, 4.69) is 45.3 Å². The first-order chi connectivity index (χ1) is 6.97. The molecule has 0 fully saturated rings. The molecule has 0 spiro atoms. The second-order valence-electron chi connectivity index (χ2n) is 5.01. The van der Waals surface area contributed by atoms with Crippen molar-refractivity contribution in [2.75, 3.05) is 0 Å². The molecule has 0 aliphatic carbocycles. The van der Waals surface area contributed by atoms with E-state index in [0.29, 0.717) is 6.04 Å². The molecule has 3 N–H and O–H groups in total. The van der Waals surface area contributed by atoms with Gasteiger partial charge < -0.3 is 0 Å². The molecule has 3 heteroatoms. The highest BCUT2D eigenvalue weighted by Gasteiger charge is 2.23. The molecule has 0 bridgehead atoms. The summed E-state index contributed by atoms with van der Waals surface area (Å²) in [5, 5.41) is 0. The maximum atomic E-state index is 5.60. The van der Waals surface area contributed by atoms with Gasteiger partial charge in [-0.05, 0) is 30.4 Å². The topological polar surface area (TPSA) is 38.0 Å². The lowest BCUT2D eigenvalue weighted by molar-refractivity contribution is 0.270. The van der Waals surface area contributed by atoms with Crippen molar-refractivity contribution in [3.05, 3.63) is 21.9 Å². The summed E-state index contributed by atoms with van der Waals surface area (Å²) in [6.07, 6.45) is 2.14. The highest BCUT2D eigenvalue weighted by molar-refractivity contribution is 7.11. The van der Waals surface area contributed by atoms with Gasteiger partial charge in [-0.25, -0.2) is 0 Å². The SMILES string of the molecule is CCc1ccc(CC(NN)C(C)(C)C)s1. The maximum absolute atomic E-state index is 5.60. The van der Waals surface area contributed by atoms with Crippen LogP contribution in [0.1, 0.15) is 37.4 Å². The predicted octanol–water partition coefficient (Wildman–Crippen LogP) is 2.73. The van der Waals surface area contributed by atoms with Gasteiger partial charge in [0.15, 0.2) is 0 Å². The van der Waals surface area contributed by atoms with E-state index >= 15 is 0 Å². The summed E-state index contributed by atoms with van der Waals surface area (Å²) in [5.41, 5.74) is 3.12. The van der Waals surface area contributed by atoms with Crippen LogP contribution in [0.25, 0.3) is 0 Å². The third-order valence-corrected chi connectivity index (χ3v) is 3.97. The third kappa shape index (κ3) is 3.59. The molecule has 86 valence electrons. The number of hydrogen-bond acceptors (Lipinski definition) is 3. The number of nitrogens with one attached hydrogen (secondary N) is 1. The Labute approximate surface area is 96.9 Å². The van der Waals surface area contributed by atoms with Gasteiger partial charge in [-0.3, -0.25) is 11.3 Å². The Morgan fingerprint density at radius 2 is 1.93 bits per heavy atom. The minimum Gasteiger partial charge on any atom is -0.271 e. The maximum Gasteiger partial charge on any atom is 0.0307 e. The van der Waals surface area contributed by atoms with E-state index in [1.807, 2.05) is 11.3 Å². The molecular weight excluding hydrogens is 204 g/mol. The lowest BCUT2D eigenvalue weighted by atomic mass is 9.85. The van der Waals surface area contributed by atoms with Crippen molar-refractivity contribution in [1.29, 1.82) is 0 Å². The van der Waals surface area contributed by atoms with Crippen LogP contribution in [0, 0.1) is 5.41 Å². The minimum atomic E-state index is 0.200. The molecule has 0 aromatic carbocycles. The Kier molecular flexibility index (Phi) is 4.32. The molecule has 1 atom stereocenters. The van der Waals surface area contributed by atoms with Crippen LogP contribution in [-0.2, 0) is 12.8 Å². The smallest absolute Gasteiger partial charge is 0.0307 e. The molecule has 1 unspecified atom stereocenters. The number of aryl methyl sites for hydroxylation is 1. The molecule has 1 heterocycles. The number of rotatable bonds is 4. The van der Waals surface area contributed by atoms with Gasteiger partial charge in [0.2, 0.25) is 0 Å². The van der Waals surface area contributed by atoms with E-state index in [1.54, 1.807) is 0 Å². The van der Waals surface area contributed by atoms with Crippen LogP contribution < -0.4 is 11.3 Å². The number of hydrazine groups is 1. The lowest BCUT2D eigenvalue weighted by Crippen LogP contribution is -2.45. The average molecular weight is 226 g/mol. The minimum absolute atomic E-state index is 0.200. The van der Waals surface area contributed by atoms with Crippen LogP contribution in [0.4, 0.5) is 0 Å². The normalized spacial score (nSPS) is 14.2. The molecule has 1 aromatic rings. The fourth-order valence-corrected chi connectivity index (χ4v) is 2.54. The molecule has 2 nitrogen and oxygen atoms in total. The zero-order valence-electron chi connectivity index (χ0n) is 10.1. The number of hydrogen-bond donors (Lipinski definition) is 2. The van der Waals surface area contributed by atoms with Crippen molar-refractivity contribution in [3.63, 3.8) is 0 Å². The summed E-state index contributed by atoms with van der Waals surface area (Å²) in [5.74, 6) is 5.60. The van der Waals surface area contributed by atoms with Gasteiger partial charge in [-0.1, -0.05) is 27.7 Å². The van der Waals surface area contributed by atoms with E-state index in [9.17, 15) is 0 Å². The monoisotopic (exact) mass is 226 g/mol. The predicted molar refractivity (Wildman–Crippen MR) is 68.0 cm³/mol.